The van der Waals surface area contributed by atoms with Crippen molar-refractivity contribution < 1.29 is 48.0 Å². The van der Waals surface area contributed by atoms with Crippen molar-refractivity contribution in [2.75, 3.05) is 6.61 Å². The van der Waals surface area contributed by atoms with Crippen LogP contribution in [0.2, 0.25) is 0 Å². The van der Waals surface area contributed by atoms with E-state index in [9.17, 15) is 24.3 Å². The zero-order valence-electron chi connectivity index (χ0n) is 20.9. The van der Waals surface area contributed by atoms with E-state index >= 15 is 0 Å². The van der Waals surface area contributed by atoms with Crippen LogP contribution in [0.4, 0.5) is 0 Å². The summed E-state index contributed by atoms with van der Waals surface area (Å²) in [6.07, 6.45) is -7.67. The Morgan fingerprint density at radius 2 is 1.03 bits per heavy atom. The minimum Gasteiger partial charge on any atom is -0.463 e. The second-order valence-electron chi connectivity index (χ2n) is 8.58. The number of carbonyl (C=O) groups is 4. The minimum absolute atomic E-state index is 0.163. The fraction of sp³-hybridized carbons (Fsp3) is 0.241. The van der Waals surface area contributed by atoms with E-state index in [0.29, 0.717) is 0 Å². The van der Waals surface area contributed by atoms with E-state index in [1.165, 1.54) is 43.3 Å². The molecule has 1 aliphatic heterocycles. The number of carbonyl (C=O) groups excluding carboxylic acids is 4. The van der Waals surface area contributed by atoms with Crippen LogP contribution in [0.25, 0.3) is 0 Å². The zero-order valence-corrected chi connectivity index (χ0v) is 20.9. The largest absolute Gasteiger partial charge is 0.463 e. The number of rotatable bonds is 8. The van der Waals surface area contributed by atoms with E-state index in [0.717, 1.165) is 0 Å². The second kappa shape index (κ2) is 12.8. The summed E-state index contributed by atoms with van der Waals surface area (Å²) in [7, 11) is 0. The lowest BCUT2D eigenvalue weighted by Crippen LogP contribution is -2.62. The third-order valence-electron chi connectivity index (χ3n) is 5.82. The average molecular weight is 535 g/mol. The molecule has 1 N–H and O–H groups in total. The predicted molar refractivity (Wildman–Crippen MR) is 134 cm³/mol. The summed E-state index contributed by atoms with van der Waals surface area (Å²) in [4.78, 5) is 50.5. The molecule has 1 saturated heterocycles. The summed E-state index contributed by atoms with van der Waals surface area (Å²) in [5.74, 6) is -3.13. The van der Waals surface area contributed by atoms with Gasteiger partial charge in [0.1, 0.15) is 12.7 Å². The molecular weight excluding hydrogens is 508 g/mol. The van der Waals surface area contributed by atoms with Crippen molar-refractivity contribution in [2.24, 2.45) is 0 Å². The number of benzene rings is 3. The van der Waals surface area contributed by atoms with Crippen LogP contribution < -0.4 is 0 Å². The third-order valence-corrected chi connectivity index (χ3v) is 5.82. The van der Waals surface area contributed by atoms with E-state index < -0.39 is 61.2 Å². The monoisotopic (exact) mass is 534 g/mol. The van der Waals surface area contributed by atoms with Gasteiger partial charge in [0.15, 0.2) is 24.6 Å². The molecule has 5 atom stereocenters. The molecule has 0 saturated carbocycles. The number of ether oxygens (including phenoxy) is 5. The van der Waals surface area contributed by atoms with Gasteiger partial charge in [0, 0.05) is 6.92 Å². The second-order valence-corrected chi connectivity index (χ2v) is 8.58. The Bertz CT molecular complexity index is 1280. The van der Waals surface area contributed by atoms with Crippen LogP contribution in [0.1, 0.15) is 38.0 Å². The summed E-state index contributed by atoms with van der Waals surface area (Å²) in [5, 5.41) is 10.9. The van der Waals surface area contributed by atoms with Crippen LogP contribution in [0.5, 0.6) is 0 Å². The van der Waals surface area contributed by atoms with Gasteiger partial charge in [0.05, 0.1) is 16.7 Å². The van der Waals surface area contributed by atoms with Crippen molar-refractivity contribution in [1.82, 2.24) is 0 Å². The first-order valence-electron chi connectivity index (χ1n) is 12.1. The van der Waals surface area contributed by atoms with Crippen molar-refractivity contribution in [3.05, 3.63) is 108 Å². The van der Waals surface area contributed by atoms with Crippen LogP contribution in [-0.2, 0) is 28.5 Å². The normalized spacial score (nSPS) is 22.3. The van der Waals surface area contributed by atoms with Gasteiger partial charge in [0.2, 0.25) is 0 Å². The predicted octanol–water partition coefficient (Wildman–Crippen LogP) is 2.94. The molecule has 0 unspecified atom stereocenters. The maximum absolute atomic E-state index is 13.1. The Morgan fingerprint density at radius 1 is 0.641 bits per heavy atom. The fourth-order valence-corrected chi connectivity index (χ4v) is 3.93. The molecule has 4 rings (SSSR count). The highest BCUT2D eigenvalue weighted by atomic mass is 16.7. The van der Waals surface area contributed by atoms with Crippen LogP contribution in [0, 0.1) is 0 Å². The lowest BCUT2D eigenvalue weighted by Gasteiger charge is -2.42. The molecule has 0 radical (unpaired) electrons. The van der Waals surface area contributed by atoms with Crippen LogP contribution in [-0.4, -0.2) is 66.3 Å². The molecule has 10 heteroatoms. The molecule has 0 bridgehead atoms. The Hall–Kier alpha value is -4.54. The molecule has 0 amide bonds. The van der Waals surface area contributed by atoms with E-state index in [1.54, 1.807) is 54.6 Å². The van der Waals surface area contributed by atoms with Gasteiger partial charge in [-0.15, -0.1) is 0 Å². The van der Waals surface area contributed by atoms with Crippen molar-refractivity contribution in [1.29, 1.82) is 0 Å². The van der Waals surface area contributed by atoms with Gasteiger partial charge in [-0.2, -0.15) is 0 Å². The summed E-state index contributed by atoms with van der Waals surface area (Å²) in [5.41, 5.74) is 0.509. The molecule has 0 spiro atoms. The maximum atomic E-state index is 13.1. The molecule has 1 fully saturated rings. The molecule has 3 aromatic rings. The van der Waals surface area contributed by atoms with Crippen molar-refractivity contribution in [2.45, 2.75) is 37.6 Å². The van der Waals surface area contributed by atoms with E-state index in [4.69, 9.17) is 23.7 Å². The molecule has 0 aliphatic carbocycles. The first-order chi connectivity index (χ1) is 18.8. The van der Waals surface area contributed by atoms with Gasteiger partial charge in [0.25, 0.3) is 0 Å². The first-order valence-corrected chi connectivity index (χ1v) is 12.1. The zero-order chi connectivity index (χ0) is 27.8. The maximum Gasteiger partial charge on any atom is 0.338 e. The summed E-state index contributed by atoms with van der Waals surface area (Å²) < 4.78 is 27.6. The molecule has 1 aliphatic rings. The Labute approximate surface area is 224 Å². The number of hydrogen-bond donors (Lipinski definition) is 1. The van der Waals surface area contributed by atoms with E-state index in [1.807, 2.05) is 0 Å². The summed E-state index contributed by atoms with van der Waals surface area (Å²) in [6.45, 7) is 0.722. The highest BCUT2D eigenvalue weighted by Crippen LogP contribution is 2.30. The van der Waals surface area contributed by atoms with Gasteiger partial charge < -0.3 is 28.8 Å². The molecular formula is C29H26O10. The minimum atomic E-state index is -1.82. The number of hydrogen-bond acceptors (Lipinski definition) is 10. The summed E-state index contributed by atoms with van der Waals surface area (Å²) >= 11 is 0. The lowest BCUT2D eigenvalue weighted by molar-refractivity contribution is -0.285. The highest BCUT2D eigenvalue weighted by molar-refractivity contribution is 5.91. The summed E-state index contributed by atoms with van der Waals surface area (Å²) in [6, 6.07) is 23.9. The van der Waals surface area contributed by atoms with Crippen LogP contribution in [0.3, 0.4) is 0 Å². The molecule has 1 heterocycles. The van der Waals surface area contributed by atoms with Crippen LogP contribution in [0.15, 0.2) is 91.0 Å². The number of aliphatic hydroxyl groups excluding tert-OH is 1. The molecule has 0 aromatic heterocycles. The molecule has 3 aromatic carbocycles. The lowest BCUT2D eigenvalue weighted by atomic mass is 9.97. The van der Waals surface area contributed by atoms with Gasteiger partial charge >= 0.3 is 23.9 Å². The highest BCUT2D eigenvalue weighted by Gasteiger charge is 2.52. The van der Waals surface area contributed by atoms with Crippen molar-refractivity contribution >= 4 is 23.9 Å². The average Bonchev–Trinajstić information content (AvgIpc) is 2.96. The standard InChI is InChI=1S/C29H26O10/c1-18(30)35-17-22-23(37-26(31)19-11-5-2-6-12-19)24(38-27(32)20-13-7-3-8-14-20)25(29(34)36-22)39-28(33)21-15-9-4-10-16-21/h2-16,22-25,29,34H,17H2,1H3/t22-,23-,24+,25+,29-/m1/s1. The number of esters is 4. The third kappa shape index (κ3) is 7.07. The Balaban J connectivity index is 1.69. The quantitative estimate of drug-likeness (QED) is 0.339. The van der Waals surface area contributed by atoms with Gasteiger partial charge in [-0.3, -0.25) is 4.79 Å². The SMILES string of the molecule is CC(=O)OC[C@H]1O[C@@H](O)[C@@H](OC(=O)c2ccccc2)[C@@H](OC(=O)c2ccccc2)[C@@H]1OC(=O)c1ccccc1. The van der Waals surface area contributed by atoms with Crippen molar-refractivity contribution in [3.8, 4) is 0 Å². The smallest absolute Gasteiger partial charge is 0.338 e. The van der Waals surface area contributed by atoms with E-state index in [-0.39, 0.29) is 16.7 Å². The van der Waals surface area contributed by atoms with Gasteiger partial charge in [-0.25, -0.2) is 14.4 Å². The van der Waals surface area contributed by atoms with Crippen molar-refractivity contribution in [3.63, 3.8) is 0 Å². The number of aliphatic hydroxyl groups is 1. The topological polar surface area (TPSA) is 135 Å². The van der Waals surface area contributed by atoms with E-state index in [2.05, 4.69) is 0 Å². The molecule has 202 valence electrons. The van der Waals surface area contributed by atoms with Gasteiger partial charge in [-0.1, -0.05) is 54.6 Å². The fourth-order valence-electron chi connectivity index (χ4n) is 3.93. The van der Waals surface area contributed by atoms with Gasteiger partial charge in [-0.05, 0) is 36.4 Å². The Morgan fingerprint density at radius 3 is 1.44 bits per heavy atom. The first kappa shape index (κ1) is 27.5. The van der Waals surface area contributed by atoms with Crippen LogP contribution >= 0.6 is 0 Å². The molecule has 10 nitrogen and oxygen atoms in total. The Kier molecular flexibility index (Phi) is 9.03. The molecule has 39 heavy (non-hydrogen) atoms.